The summed E-state index contributed by atoms with van der Waals surface area (Å²) < 4.78 is 2.08. The van der Waals surface area contributed by atoms with Gasteiger partial charge in [-0.15, -0.1) is 0 Å². The van der Waals surface area contributed by atoms with Crippen LogP contribution in [0.25, 0.3) is 11.0 Å². The minimum atomic E-state index is -0.0450. The zero-order valence-corrected chi connectivity index (χ0v) is 19.8. The summed E-state index contributed by atoms with van der Waals surface area (Å²) in [5.74, 6) is 0.925. The minimum Gasteiger partial charge on any atom is -0.345 e. The molecule has 1 aromatic heterocycles. The van der Waals surface area contributed by atoms with Crippen molar-refractivity contribution in [2.45, 2.75) is 19.9 Å². The molecule has 1 aliphatic rings. The van der Waals surface area contributed by atoms with Crippen LogP contribution in [0.15, 0.2) is 42.5 Å². The first-order chi connectivity index (χ1) is 15.9. The Kier molecular flexibility index (Phi) is 6.65. The molecule has 1 fully saturated rings. The van der Waals surface area contributed by atoms with Crippen LogP contribution in [0.3, 0.4) is 0 Å². The van der Waals surface area contributed by atoms with Crippen molar-refractivity contribution in [3.05, 3.63) is 59.4 Å². The number of anilines is 1. The van der Waals surface area contributed by atoms with E-state index in [0.29, 0.717) is 25.2 Å². The molecule has 174 valence electrons. The summed E-state index contributed by atoms with van der Waals surface area (Å²) in [5.41, 5.74) is 4.50. The lowest BCUT2D eigenvalue weighted by molar-refractivity contribution is 0.0827. The third-order valence-corrected chi connectivity index (χ3v) is 6.29. The number of hydrogen-bond acceptors (Lipinski definition) is 4. The van der Waals surface area contributed by atoms with Crippen molar-refractivity contribution in [2.24, 2.45) is 7.05 Å². The summed E-state index contributed by atoms with van der Waals surface area (Å²) in [6.45, 7) is 5.71. The first-order valence-electron chi connectivity index (χ1n) is 11.4. The van der Waals surface area contributed by atoms with Gasteiger partial charge < -0.3 is 19.7 Å². The van der Waals surface area contributed by atoms with Crippen LogP contribution in [-0.4, -0.2) is 76.5 Å². The van der Waals surface area contributed by atoms with Crippen LogP contribution in [0.4, 0.5) is 10.5 Å². The molecule has 0 spiro atoms. The van der Waals surface area contributed by atoms with Crippen molar-refractivity contribution in [3.63, 3.8) is 0 Å². The number of benzene rings is 2. The van der Waals surface area contributed by atoms with E-state index < -0.39 is 0 Å². The van der Waals surface area contributed by atoms with Crippen molar-refractivity contribution in [2.75, 3.05) is 45.6 Å². The average molecular weight is 449 g/mol. The molecule has 4 rings (SSSR count). The molecule has 3 aromatic rings. The summed E-state index contributed by atoms with van der Waals surface area (Å²) >= 11 is 0. The van der Waals surface area contributed by atoms with Gasteiger partial charge in [0.25, 0.3) is 5.91 Å². The van der Waals surface area contributed by atoms with E-state index in [2.05, 4.69) is 21.7 Å². The molecule has 0 atom stereocenters. The number of imidazole rings is 1. The maximum absolute atomic E-state index is 12.8. The highest BCUT2D eigenvalue weighted by atomic mass is 16.2. The highest BCUT2D eigenvalue weighted by Crippen LogP contribution is 2.20. The van der Waals surface area contributed by atoms with E-state index in [0.717, 1.165) is 47.6 Å². The lowest BCUT2D eigenvalue weighted by atomic mass is 10.1. The Morgan fingerprint density at radius 3 is 2.48 bits per heavy atom. The number of carbonyl (C=O) groups excluding carboxylic acids is 2. The van der Waals surface area contributed by atoms with E-state index >= 15 is 0 Å². The van der Waals surface area contributed by atoms with Gasteiger partial charge in [0, 0.05) is 58.6 Å². The van der Waals surface area contributed by atoms with E-state index in [1.54, 1.807) is 19.0 Å². The minimum absolute atomic E-state index is 0.0277. The number of para-hydroxylation sites is 1. The number of fused-ring (bicyclic) bond motifs is 1. The van der Waals surface area contributed by atoms with Gasteiger partial charge in [0.15, 0.2) is 0 Å². The number of carbonyl (C=O) groups is 2. The quantitative estimate of drug-likeness (QED) is 0.651. The van der Waals surface area contributed by atoms with Crippen molar-refractivity contribution in [1.29, 1.82) is 0 Å². The van der Waals surface area contributed by atoms with Gasteiger partial charge in [-0.3, -0.25) is 9.69 Å². The number of aryl methyl sites for hydroxylation is 2. The Balaban J connectivity index is 1.38. The molecular weight excluding hydrogens is 416 g/mol. The molecule has 0 bridgehead atoms. The summed E-state index contributed by atoms with van der Waals surface area (Å²) in [7, 11) is 5.50. The molecule has 1 saturated heterocycles. The van der Waals surface area contributed by atoms with Crippen LogP contribution in [0.1, 0.15) is 28.7 Å². The third-order valence-electron chi connectivity index (χ3n) is 6.29. The molecule has 0 radical (unpaired) electrons. The van der Waals surface area contributed by atoms with Gasteiger partial charge in [-0.2, -0.15) is 0 Å². The summed E-state index contributed by atoms with van der Waals surface area (Å²) in [4.78, 5) is 35.6. The largest absolute Gasteiger partial charge is 0.345 e. The second-order valence-corrected chi connectivity index (χ2v) is 8.69. The Bertz CT molecular complexity index is 1160. The van der Waals surface area contributed by atoms with E-state index in [9.17, 15) is 9.59 Å². The number of aromatic nitrogens is 2. The van der Waals surface area contributed by atoms with Gasteiger partial charge in [0.1, 0.15) is 5.82 Å². The topological polar surface area (TPSA) is 73.7 Å². The first-order valence-corrected chi connectivity index (χ1v) is 11.4. The van der Waals surface area contributed by atoms with E-state index in [-0.39, 0.29) is 11.9 Å². The number of hydrogen-bond donors (Lipinski definition) is 1. The molecule has 1 N–H and O–H groups in total. The lowest BCUT2D eigenvalue weighted by Crippen LogP contribution is -2.49. The fourth-order valence-corrected chi connectivity index (χ4v) is 4.24. The van der Waals surface area contributed by atoms with Gasteiger partial charge in [0.2, 0.25) is 0 Å². The zero-order valence-electron chi connectivity index (χ0n) is 19.8. The van der Waals surface area contributed by atoms with Gasteiger partial charge in [-0.25, -0.2) is 9.78 Å². The van der Waals surface area contributed by atoms with E-state index in [1.807, 2.05) is 54.4 Å². The molecule has 0 unspecified atom stereocenters. The number of amides is 3. The van der Waals surface area contributed by atoms with Crippen LogP contribution in [-0.2, 0) is 20.0 Å². The van der Waals surface area contributed by atoms with Crippen molar-refractivity contribution in [3.8, 4) is 0 Å². The molecule has 1 aliphatic heterocycles. The second-order valence-electron chi connectivity index (χ2n) is 8.69. The molecule has 0 aliphatic carbocycles. The summed E-state index contributed by atoms with van der Waals surface area (Å²) in [5, 5.41) is 3.07. The highest BCUT2D eigenvalue weighted by molar-refractivity contribution is 5.97. The molecule has 2 heterocycles. The number of nitrogens with zero attached hydrogens (tertiary/aromatic N) is 5. The number of piperazine rings is 1. The first kappa shape index (κ1) is 22.8. The van der Waals surface area contributed by atoms with Gasteiger partial charge in [0.05, 0.1) is 17.6 Å². The van der Waals surface area contributed by atoms with Crippen molar-refractivity contribution in [1.82, 2.24) is 24.3 Å². The Morgan fingerprint density at radius 1 is 1.06 bits per heavy atom. The monoisotopic (exact) mass is 448 g/mol. The van der Waals surface area contributed by atoms with Gasteiger partial charge >= 0.3 is 6.03 Å². The Labute approximate surface area is 194 Å². The SMILES string of the molecule is CCc1ccccc1NC(=O)N1CCN(Cc2nc3cc(C(=O)N(C)C)ccc3n2C)CC1. The van der Waals surface area contributed by atoms with Crippen LogP contribution in [0.5, 0.6) is 0 Å². The van der Waals surface area contributed by atoms with Crippen LogP contribution in [0, 0.1) is 0 Å². The lowest BCUT2D eigenvalue weighted by Gasteiger charge is -2.34. The normalized spacial score (nSPS) is 14.5. The Morgan fingerprint density at radius 2 is 1.79 bits per heavy atom. The fourth-order valence-electron chi connectivity index (χ4n) is 4.24. The molecule has 0 saturated carbocycles. The predicted octanol–water partition coefficient (Wildman–Crippen LogP) is 3.19. The van der Waals surface area contributed by atoms with E-state index in [1.165, 1.54) is 0 Å². The van der Waals surface area contributed by atoms with Crippen molar-refractivity contribution < 1.29 is 9.59 Å². The summed E-state index contributed by atoms with van der Waals surface area (Å²) in [6.07, 6.45) is 0.882. The Hall–Kier alpha value is -3.39. The number of rotatable bonds is 5. The molecule has 2 aromatic carbocycles. The number of nitrogens with one attached hydrogen (secondary N) is 1. The average Bonchev–Trinajstić information content (AvgIpc) is 3.13. The van der Waals surface area contributed by atoms with Gasteiger partial charge in [-0.05, 0) is 36.2 Å². The number of urea groups is 1. The molecule has 8 heteroatoms. The maximum Gasteiger partial charge on any atom is 0.321 e. The van der Waals surface area contributed by atoms with Crippen LogP contribution < -0.4 is 5.32 Å². The van der Waals surface area contributed by atoms with Gasteiger partial charge in [-0.1, -0.05) is 25.1 Å². The van der Waals surface area contributed by atoms with Crippen molar-refractivity contribution >= 4 is 28.7 Å². The smallest absolute Gasteiger partial charge is 0.321 e. The third kappa shape index (κ3) is 4.85. The summed E-state index contributed by atoms with van der Waals surface area (Å²) in [6, 6.07) is 13.6. The molecular formula is C25H32N6O2. The van der Waals surface area contributed by atoms with E-state index in [4.69, 9.17) is 4.98 Å². The fraction of sp³-hybridized carbons (Fsp3) is 0.400. The standard InChI is InChI=1S/C25H32N6O2/c1-5-18-8-6-7-9-20(18)27-25(33)31-14-12-30(13-15-31)17-23-26-21-16-19(24(32)28(2)3)10-11-22(21)29(23)4/h6-11,16H,5,12-15,17H2,1-4H3,(H,27,33). The molecule has 33 heavy (non-hydrogen) atoms. The van der Waals surface area contributed by atoms with Crippen LogP contribution in [0.2, 0.25) is 0 Å². The predicted molar refractivity (Wildman–Crippen MR) is 130 cm³/mol. The zero-order chi connectivity index (χ0) is 23.5. The second kappa shape index (κ2) is 9.62. The molecule has 8 nitrogen and oxygen atoms in total. The molecule has 3 amide bonds. The van der Waals surface area contributed by atoms with Crippen LogP contribution >= 0.6 is 0 Å². The maximum atomic E-state index is 12.8. The highest BCUT2D eigenvalue weighted by Gasteiger charge is 2.23.